The maximum Gasteiger partial charge on any atom is 0.225 e. The Balaban J connectivity index is 2.38. The van der Waals surface area contributed by atoms with Crippen molar-refractivity contribution < 1.29 is 0 Å². The lowest BCUT2D eigenvalue weighted by molar-refractivity contribution is 0.827. The number of para-hydroxylation sites is 1. The summed E-state index contributed by atoms with van der Waals surface area (Å²) < 4.78 is 0. The van der Waals surface area contributed by atoms with Gasteiger partial charge in [-0.3, -0.25) is 0 Å². The molecule has 1 aromatic heterocycles. The minimum absolute atomic E-state index is 0.714. The molecule has 0 aliphatic rings. The number of nitrogens with one attached hydrogen (secondary N) is 1. The van der Waals surface area contributed by atoms with E-state index in [2.05, 4.69) is 28.3 Å². The summed E-state index contributed by atoms with van der Waals surface area (Å²) in [6.07, 6.45) is 2.30. The highest BCUT2D eigenvalue weighted by Crippen LogP contribution is 2.23. The molecular formula is C14H20N4. The maximum absolute atomic E-state index is 4.58. The van der Waals surface area contributed by atoms with Crippen LogP contribution in [0.3, 0.4) is 0 Å². The zero-order valence-corrected chi connectivity index (χ0v) is 11.3. The second-order valence-electron chi connectivity index (χ2n) is 4.56. The molecule has 0 saturated carbocycles. The van der Waals surface area contributed by atoms with Crippen LogP contribution in [0.15, 0.2) is 24.3 Å². The van der Waals surface area contributed by atoms with Gasteiger partial charge in [0.25, 0.3) is 0 Å². The van der Waals surface area contributed by atoms with Crippen molar-refractivity contribution in [1.82, 2.24) is 9.97 Å². The Morgan fingerprint density at radius 3 is 2.67 bits per heavy atom. The van der Waals surface area contributed by atoms with Gasteiger partial charge in [0.05, 0.1) is 5.52 Å². The largest absolute Gasteiger partial charge is 0.362 e. The van der Waals surface area contributed by atoms with Crippen molar-refractivity contribution in [2.45, 2.75) is 19.8 Å². The van der Waals surface area contributed by atoms with Crippen LogP contribution in [0, 0.1) is 0 Å². The van der Waals surface area contributed by atoms with E-state index >= 15 is 0 Å². The summed E-state index contributed by atoms with van der Waals surface area (Å²) in [6, 6.07) is 8.10. The van der Waals surface area contributed by atoms with Crippen LogP contribution >= 0.6 is 0 Å². The Bertz CT molecular complexity index is 522. The smallest absolute Gasteiger partial charge is 0.225 e. The highest BCUT2D eigenvalue weighted by atomic mass is 15.2. The van der Waals surface area contributed by atoms with E-state index in [4.69, 9.17) is 0 Å². The van der Waals surface area contributed by atoms with Gasteiger partial charge in [0.15, 0.2) is 0 Å². The Kier molecular flexibility index (Phi) is 3.97. The molecule has 4 heteroatoms. The van der Waals surface area contributed by atoms with Crippen LogP contribution in [-0.2, 0) is 0 Å². The molecule has 0 aliphatic carbocycles. The molecule has 1 heterocycles. The highest BCUT2D eigenvalue weighted by Gasteiger charge is 2.08. The number of unbranched alkanes of at least 4 members (excludes halogenated alkanes) is 1. The molecule has 18 heavy (non-hydrogen) atoms. The van der Waals surface area contributed by atoms with Gasteiger partial charge in [0.1, 0.15) is 5.82 Å². The van der Waals surface area contributed by atoms with E-state index < -0.39 is 0 Å². The summed E-state index contributed by atoms with van der Waals surface area (Å²) in [5, 5.41) is 4.37. The topological polar surface area (TPSA) is 41.1 Å². The van der Waals surface area contributed by atoms with Crippen LogP contribution in [0.5, 0.6) is 0 Å². The fourth-order valence-corrected chi connectivity index (χ4v) is 1.86. The molecule has 0 fully saturated rings. The van der Waals surface area contributed by atoms with E-state index in [-0.39, 0.29) is 0 Å². The lowest BCUT2D eigenvalue weighted by Crippen LogP contribution is -2.14. The summed E-state index contributed by atoms with van der Waals surface area (Å²) in [5.74, 6) is 1.67. The molecule has 2 rings (SSSR count). The molecule has 96 valence electrons. The first-order chi connectivity index (χ1) is 8.72. The fraction of sp³-hybridized carbons (Fsp3) is 0.429. The van der Waals surface area contributed by atoms with Gasteiger partial charge in [-0.25, -0.2) is 4.98 Å². The molecule has 0 saturated heterocycles. The minimum atomic E-state index is 0.714. The summed E-state index contributed by atoms with van der Waals surface area (Å²) in [5.41, 5.74) is 0.982. The minimum Gasteiger partial charge on any atom is -0.362 e. The first-order valence-electron chi connectivity index (χ1n) is 6.40. The zero-order valence-electron chi connectivity index (χ0n) is 11.3. The SMILES string of the molecule is CCCCNc1nc(N(C)C)c2ccccc2n1. The molecule has 4 nitrogen and oxygen atoms in total. The van der Waals surface area contributed by atoms with Crippen LogP contribution in [0.4, 0.5) is 11.8 Å². The van der Waals surface area contributed by atoms with Crippen molar-refractivity contribution in [3.8, 4) is 0 Å². The predicted octanol–water partition coefficient (Wildman–Crippen LogP) is 2.91. The maximum atomic E-state index is 4.58. The fourth-order valence-electron chi connectivity index (χ4n) is 1.86. The van der Waals surface area contributed by atoms with E-state index in [1.807, 2.05) is 37.2 Å². The van der Waals surface area contributed by atoms with E-state index in [1.54, 1.807) is 0 Å². The third kappa shape index (κ3) is 2.70. The predicted molar refractivity (Wildman–Crippen MR) is 77.3 cm³/mol. The number of rotatable bonds is 5. The van der Waals surface area contributed by atoms with E-state index in [1.165, 1.54) is 6.42 Å². The molecular weight excluding hydrogens is 224 g/mol. The molecule has 1 N–H and O–H groups in total. The number of hydrogen-bond donors (Lipinski definition) is 1. The molecule has 0 amide bonds. The monoisotopic (exact) mass is 244 g/mol. The van der Waals surface area contributed by atoms with Gasteiger partial charge in [0.2, 0.25) is 5.95 Å². The second-order valence-corrected chi connectivity index (χ2v) is 4.56. The van der Waals surface area contributed by atoms with Gasteiger partial charge in [-0.05, 0) is 18.6 Å². The van der Waals surface area contributed by atoms with Crippen molar-refractivity contribution in [2.75, 3.05) is 30.9 Å². The van der Waals surface area contributed by atoms with Gasteiger partial charge in [-0.15, -0.1) is 0 Å². The van der Waals surface area contributed by atoms with Crippen LogP contribution in [0.25, 0.3) is 10.9 Å². The highest BCUT2D eigenvalue weighted by molar-refractivity contribution is 5.90. The molecule has 1 aromatic carbocycles. The van der Waals surface area contributed by atoms with Gasteiger partial charge in [-0.1, -0.05) is 25.5 Å². The van der Waals surface area contributed by atoms with Crippen LogP contribution in [0.1, 0.15) is 19.8 Å². The van der Waals surface area contributed by atoms with Crippen molar-refractivity contribution in [3.05, 3.63) is 24.3 Å². The van der Waals surface area contributed by atoms with Crippen LogP contribution in [-0.4, -0.2) is 30.6 Å². The molecule has 0 unspecified atom stereocenters. The normalized spacial score (nSPS) is 10.6. The second kappa shape index (κ2) is 5.67. The number of benzene rings is 1. The summed E-state index contributed by atoms with van der Waals surface area (Å²) >= 11 is 0. The first-order valence-corrected chi connectivity index (χ1v) is 6.40. The number of hydrogen-bond acceptors (Lipinski definition) is 4. The third-order valence-electron chi connectivity index (χ3n) is 2.82. The average Bonchev–Trinajstić information content (AvgIpc) is 2.38. The van der Waals surface area contributed by atoms with Crippen molar-refractivity contribution in [3.63, 3.8) is 0 Å². The molecule has 0 bridgehead atoms. The number of nitrogens with zero attached hydrogens (tertiary/aromatic N) is 3. The Labute approximate surface area is 108 Å². The molecule has 0 aliphatic heterocycles. The molecule has 2 aromatic rings. The van der Waals surface area contributed by atoms with Crippen molar-refractivity contribution in [2.24, 2.45) is 0 Å². The standard InChI is InChI=1S/C14H20N4/c1-4-5-10-15-14-16-12-9-7-6-8-11(12)13(17-14)18(2)3/h6-9H,4-5,10H2,1-3H3,(H,15,16,17). The summed E-state index contributed by atoms with van der Waals surface area (Å²) in [7, 11) is 4.01. The lowest BCUT2D eigenvalue weighted by atomic mass is 10.2. The van der Waals surface area contributed by atoms with Crippen LogP contribution in [0.2, 0.25) is 0 Å². The summed E-state index contributed by atoms with van der Waals surface area (Å²) in [6.45, 7) is 3.09. The summed E-state index contributed by atoms with van der Waals surface area (Å²) in [4.78, 5) is 11.1. The number of anilines is 2. The Morgan fingerprint density at radius 1 is 1.17 bits per heavy atom. The zero-order chi connectivity index (χ0) is 13.0. The molecule has 0 atom stereocenters. The van der Waals surface area contributed by atoms with Gasteiger partial charge in [0, 0.05) is 26.0 Å². The number of fused-ring (bicyclic) bond motifs is 1. The van der Waals surface area contributed by atoms with E-state index in [0.717, 1.165) is 29.7 Å². The molecule has 0 spiro atoms. The average molecular weight is 244 g/mol. The first kappa shape index (κ1) is 12.6. The lowest BCUT2D eigenvalue weighted by Gasteiger charge is -2.15. The third-order valence-corrected chi connectivity index (χ3v) is 2.82. The Hall–Kier alpha value is -1.84. The molecule has 0 radical (unpaired) electrons. The van der Waals surface area contributed by atoms with Gasteiger partial charge < -0.3 is 10.2 Å². The van der Waals surface area contributed by atoms with Crippen molar-refractivity contribution in [1.29, 1.82) is 0 Å². The van der Waals surface area contributed by atoms with E-state index in [0.29, 0.717) is 5.95 Å². The number of aromatic nitrogens is 2. The van der Waals surface area contributed by atoms with Gasteiger partial charge >= 0.3 is 0 Å². The van der Waals surface area contributed by atoms with E-state index in [9.17, 15) is 0 Å². The van der Waals surface area contributed by atoms with Crippen LogP contribution < -0.4 is 10.2 Å². The quantitative estimate of drug-likeness (QED) is 0.821. The van der Waals surface area contributed by atoms with Gasteiger partial charge in [-0.2, -0.15) is 4.98 Å². The van der Waals surface area contributed by atoms with Crippen molar-refractivity contribution >= 4 is 22.7 Å². The Morgan fingerprint density at radius 2 is 1.94 bits per heavy atom.